The molecule has 5 nitrogen and oxygen atoms in total. The van der Waals surface area contributed by atoms with Gasteiger partial charge in [0.2, 0.25) is 0 Å². The number of nitrogens with one attached hydrogen (secondary N) is 2. The maximum absolute atomic E-state index is 13.5. The summed E-state index contributed by atoms with van der Waals surface area (Å²) in [6, 6.07) is 23.9. The highest BCUT2D eigenvalue weighted by atomic mass is 35.5. The smallest absolute Gasteiger partial charge is 0.315 e. The predicted octanol–water partition coefficient (Wildman–Crippen LogP) is 7.65. The number of fused-ring (bicyclic) bond motifs is 2. The van der Waals surface area contributed by atoms with E-state index in [1.165, 1.54) is 23.3 Å². The Morgan fingerprint density at radius 1 is 1.10 bits per heavy atom. The summed E-state index contributed by atoms with van der Waals surface area (Å²) in [5.41, 5.74) is 6.65. The van der Waals surface area contributed by atoms with Gasteiger partial charge in [-0.15, -0.1) is 0 Å². The van der Waals surface area contributed by atoms with Crippen molar-refractivity contribution >= 4 is 23.7 Å². The molecule has 1 saturated carbocycles. The van der Waals surface area contributed by atoms with Gasteiger partial charge in [-0.05, 0) is 96.2 Å². The number of amides is 2. The number of nitrogens with zero attached hydrogens (tertiary/aromatic N) is 2. The second-order valence-electron chi connectivity index (χ2n) is 11.1. The minimum atomic E-state index is -0.255. The van der Waals surface area contributed by atoms with Crippen molar-refractivity contribution in [1.82, 2.24) is 20.4 Å². The van der Waals surface area contributed by atoms with Gasteiger partial charge < -0.3 is 10.6 Å². The fourth-order valence-corrected chi connectivity index (χ4v) is 6.47. The van der Waals surface area contributed by atoms with E-state index in [9.17, 15) is 9.18 Å². The molecule has 1 aromatic heterocycles. The molecular formula is C33H32ClFN4O. The average molecular weight is 555 g/mol. The normalized spacial score (nSPS) is 20.3. The van der Waals surface area contributed by atoms with E-state index in [0.29, 0.717) is 17.5 Å². The van der Waals surface area contributed by atoms with E-state index < -0.39 is 0 Å². The van der Waals surface area contributed by atoms with Crippen LogP contribution < -0.4 is 10.6 Å². The molecule has 2 amide bonds. The summed E-state index contributed by atoms with van der Waals surface area (Å²) in [6.07, 6.45) is 8.05. The molecule has 204 valence electrons. The van der Waals surface area contributed by atoms with Crippen LogP contribution in [-0.4, -0.2) is 15.8 Å². The molecule has 0 aliphatic heterocycles. The molecule has 3 aromatic carbocycles. The first-order chi connectivity index (χ1) is 19.4. The molecule has 3 atom stereocenters. The van der Waals surface area contributed by atoms with Crippen LogP contribution in [0.15, 0.2) is 90.6 Å². The Bertz CT molecular complexity index is 1530. The maximum Gasteiger partial charge on any atom is 0.315 e. The molecule has 1 fully saturated rings. The van der Waals surface area contributed by atoms with Crippen LogP contribution in [0.25, 0.3) is 11.8 Å². The topological polar surface area (TPSA) is 59.0 Å². The van der Waals surface area contributed by atoms with Crippen molar-refractivity contribution in [3.05, 3.63) is 124 Å². The lowest BCUT2D eigenvalue weighted by Crippen LogP contribution is -2.39. The zero-order chi connectivity index (χ0) is 27.7. The first kappa shape index (κ1) is 26.3. The monoisotopic (exact) mass is 554 g/mol. The molecule has 0 radical (unpaired) electrons. The second kappa shape index (κ2) is 10.9. The van der Waals surface area contributed by atoms with Crippen LogP contribution in [-0.2, 0) is 13.0 Å². The van der Waals surface area contributed by atoms with Gasteiger partial charge >= 0.3 is 6.03 Å². The van der Waals surface area contributed by atoms with Crippen molar-refractivity contribution in [1.29, 1.82) is 0 Å². The molecule has 1 heterocycles. The number of hydrogen-bond acceptors (Lipinski definition) is 2. The van der Waals surface area contributed by atoms with Gasteiger partial charge in [-0.2, -0.15) is 5.10 Å². The van der Waals surface area contributed by atoms with Crippen LogP contribution in [0.5, 0.6) is 0 Å². The minimum absolute atomic E-state index is 0.0157. The quantitative estimate of drug-likeness (QED) is 0.246. The van der Waals surface area contributed by atoms with Crippen molar-refractivity contribution in [2.75, 3.05) is 0 Å². The highest BCUT2D eigenvalue weighted by Crippen LogP contribution is 2.55. The van der Waals surface area contributed by atoms with Gasteiger partial charge in [-0.3, -0.25) is 0 Å². The number of carbonyl (C=O) groups is 1. The van der Waals surface area contributed by atoms with Gasteiger partial charge in [0.15, 0.2) is 0 Å². The van der Waals surface area contributed by atoms with Crippen LogP contribution in [0.1, 0.15) is 54.6 Å². The zero-order valence-corrected chi connectivity index (χ0v) is 23.2. The van der Waals surface area contributed by atoms with Gasteiger partial charge in [0.25, 0.3) is 0 Å². The van der Waals surface area contributed by atoms with Gasteiger partial charge in [0, 0.05) is 11.6 Å². The molecule has 2 aliphatic rings. The molecule has 0 spiro atoms. The number of urea groups is 1. The highest BCUT2D eigenvalue weighted by molar-refractivity contribution is 6.30. The lowest BCUT2D eigenvalue weighted by Gasteiger charge is -2.37. The minimum Gasteiger partial charge on any atom is -0.334 e. The van der Waals surface area contributed by atoms with E-state index in [0.717, 1.165) is 48.2 Å². The summed E-state index contributed by atoms with van der Waals surface area (Å²) < 4.78 is 15.4. The summed E-state index contributed by atoms with van der Waals surface area (Å²) in [5, 5.41) is 11.6. The molecule has 6 rings (SSSR count). The highest BCUT2D eigenvalue weighted by Gasteiger charge is 2.46. The van der Waals surface area contributed by atoms with Crippen molar-refractivity contribution < 1.29 is 9.18 Å². The van der Waals surface area contributed by atoms with Crippen molar-refractivity contribution in [3.63, 3.8) is 0 Å². The number of benzene rings is 3. The Balaban J connectivity index is 1.20. The van der Waals surface area contributed by atoms with E-state index in [2.05, 4.69) is 40.9 Å². The van der Waals surface area contributed by atoms with E-state index in [1.807, 2.05) is 53.3 Å². The fraction of sp³-hybridized carbons (Fsp3) is 0.273. The van der Waals surface area contributed by atoms with Crippen LogP contribution in [0.2, 0.25) is 5.02 Å². The summed E-state index contributed by atoms with van der Waals surface area (Å²) >= 11 is 5.99. The molecule has 4 aromatic rings. The van der Waals surface area contributed by atoms with Gasteiger partial charge in [-0.25, -0.2) is 13.9 Å². The lowest BCUT2D eigenvalue weighted by atomic mass is 9.68. The number of rotatable bonds is 7. The Morgan fingerprint density at radius 3 is 2.60 bits per heavy atom. The third-order valence-electron chi connectivity index (χ3n) is 8.62. The Morgan fingerprint density at radius 2 is 1.85 bits per heavy atom. The Hall–Kier alpha value is -3.90. The first-order valence-corrected chi connectivity index (χ1v) is 14.1. The van der Waals surface area contributed by atoms with Crippen molar-refractivity contribution in [2.24, 2.45) is 11.3 Å². The van der Waals surface area contributed by atoms with Gasteiger partial charge in [0.05, 0.1) is 23.6 Å². The molecule has 0 bridgehead atoms. The van der Waals surface area contributed by atoms with Crippen LogP contribution in [0.3, 0.4) is 0 Å². The summed E-state index contributed by atoms with van der Waals surface area (Å²) in [5.74, 6) is 0.137. The molecule has 2 aliphatic carbocycles. The third-order valence-corrected chi connectivity index (χ3v) is 8.87. The van der Waals surface area contributed by atoms with Crippen LogP contribution in [0.4, 0.5) is 9.18 Å². The average Bonchev–Trinajstić information content (AvgIpc) is 3.51. The van der Waals surface area contributed by atoms with E-state index in [1.54, 1.807) is 12.1 Å². The number of allylic oxidation sites excluding steroid dienone is 1. The third kappa shape index (κ3) is 5.28. The second-order valence-corrected chi connectivity index (χ2v) is 11.5. The van der Waals surface area contributed by atoms with Gasteiger partial charge in [-0.1, -0.05) is 66.6 Å². The Labute approximate surface area is 239 Å². The lowest BCUT2D eigenvalue weighted by molar-refractivity contribution is 0.216. The zero-order valence-electron chi connectivity index (χ0n) is 22.4. The SMILES string of the molecule is C[C@]12Cc3cnn(-c4ccc(F)cc4)c3C=C1CC[C@@H]2CC(NC(=O)NCc1ccc(Cl)cc1)c1ccccc1. The molecular weight excluding hydrogens is 523 g/mol. The van der Waals surface area contributed by atoms with Crippen molar-refractivity contribution in [3.8, 4) is 5.69 Å². The van der Waals surface area contributed by atoms with Crippen LogP contribution >= 0.6 is 11.6 Å². The number of carbonyl (C=O) groups excluding carboxylic acids is 1. The molecule has 2 N–H and O–H groups in total. The summed E-state index contributed by atoms with van der Waals surface area (Å²) in [4.78, 5) is 13.0. The van der Waals surface area contributed by atoms with E-state index >= 15 is 0 Å². The molecule has 40 heavy (non-hydrogen) atoms. The van der Waals surface area contributed by atoms with E-state index in [4.69, 9.17) is 11.6 Å². The standard InChI is InChI=1S/C33H32ClFN4O/c1-33-19-24-21-37-39(29-15-13-28(35)14-16-29)31(24)18-26(33)10-9-25(33)17-30(23-5-3-2-4-6-23)38-32(40)36-20-22-7-11-27(34)12-8-22/h2-8,11-16,18,21,25,30H,9-10,17,19-20H2,1H3,(H2,36,38,40)/t25-,30?,33-/m1/s1. The first-order valence-electron chi connectivity index (χ1n) is 13.8. The summed E-state index contributed by atoms with van der Waals surface area (Å²) in [6.45, 7) is 2.79. The van der Waals surface area contributed by atoms with Crippen LogP contribution in [0, 0.1) is 17.2 Å². The summed E-state index contributed by atoms with van der Waals surface area (Å²) in [7, 11) is 0. The number of halogens is 2. The molecule has 0 saturated heterocycles. The predicted molar refractivity (Wildman–Crippen MR) is 157 cm³/mol. The molecule has 1 unspecified atom stereocenters. The fourth-order valence-electron chi connectivity index (χ4n) is 6.34. The number of hydrogen-bond donors (Lipinski definition) is 2. The van der Waals surface area contributed by atoms with E-state index in [-0.39, 0.29) is 23.3 Å². The Kier molecular flexibility index (Phi) is 7.20. The largest absolute Gasteiger partial charge is 0.334 e. The molecule has 7 heteroatoms. The number of aromatic nitrogens is 2. The van der Waals surface area contributed by atoms with Gasteiger partial charge in [0.1, 0.15) is 5.82 Å². The maximum atomic E-state index is 13.5. The van der Waals surface area contributed by atoms with Crippen molar-refractivity contribution in [2.45, 2.75) is 45.2 Å².